The van der Waals surface area contributed by atoms with Crippen LogP contribution in [0.4, 0.5) is 11.4 Å². The van der Waals surface area contributed by atoms with Gasteiger partial charge in [0.05, 0.1) is 15.9 Å². The van der Waals surface area contributed by atoms with Crippen molar-refractivity contribution in [2.75, 3.05) is 6.61 Å². The second-order valence-corrected chi connectivity index (χ2v) is 3.70. The van der Waals surface area contributed by atoms with Crippen LogP contribution in [0, 0.1) is 20.2 Å². The van der Waals surface area contributed by atoms with Gasteiger partial charge in [0.1, 0.15) is 0 Å². The summed E-state index contributed by atoms with van der Waals surface area (Å²) >= 11 is 0. The lowest BCUT2D eigenvalue weighted by molar-refractivity contribution is -0.395. The number of hydrogen-bond donors (Lipinski definition) is 0. The summed E-state index contributed by atoms with van der Waals surface area (Å²) in [5.41, 5.74) is -0.510. The first-order valence-electron chi connectivity index (χ1n) is 5.46. The number of non-ortho nitro benzene ring substituents is 1. The predicted octanol–water partition coefficient (Wildman–Crippen LogP) is 2.27. The van der Waals surface area contributed by atoms with Crippen LogP contribution in [0.15, 0.2) is 18.2 Å². The van der Waals surface area contributed by atoms with Crippen molar-refractivity contribution in [2.45, 2.75) is 13.2 Å². The molecule has 0 fully saturated rings. The summed E-state index contributed by atoms with van der Waals surface area (Å²) in [6, 6.07) is 2.10. The van der Waals surface area contributed by atoms with Gasteiger partial charge in [0, 0.05) is 18.2 Å². The Morgan fingerprint density at radius 1 is 1.32 bits per heavy atom. The van der Waals surface area contributed by atoms with Crippen LogP contribution in [0.25, 0.3) is 6.08 Å². The van der Waals surface area contributed by atoms with Gasteiger partial charge in [-0.1, -0.05) is 0 Å². The standard InChI is InChI=1S/C11H10N2O6/c1-2-18-10-4-3-7-5-8(12(14)15)6-9(13(16)17)11(7)19-10/h3-6,10H,2H2,1H3. The Bertz CT molecular complexity index is 569. The molecule has 0 bridgehead atoms. The molecule has 0 aliphatic carbocycles. The van der Waals surface area contributed by atoms with Gasteiger partial charge in [-0.25, -0.2) is 0 Å². The summed E-state index contributed by atoms with van der Waals surface area (Å²) in [5, 5.41) is 21.7. The number of ether oxygens (including phenoxy) is 2. The number of fused-ring (bicyclic) bond motifs is 1. The first-order chi connectivity index (χ1) is 9.02. The molecule has 1 heterocycles. The molecule has 0 amide bonds. The zero-order valence-electron chi connectivity index (χ0n) is 9.94. The van der Waals surface area contributed by atoms with Gasteiger partial charge in [-0.05, 0) is 19.1 Å². The summed E-state index contributed by atoms with van der Waals surface area (Å²) in [4.78, 5) is 20.3. The fourth-order valence-corrected chi connectivity index (χ4v) is 1.70. The molecule has 0 aromatic heterocycles. The second kappa shape index (κ2) is 5.02. The Hall–Kier alpha value is -2.48. The van der Waals surface area contributed by atoms with Crippen LogP contribution in [0.2, 0.25) is 0 Å². The van der Waals surface area contributed by atoms with Crippen molar-refractivity contribution in [3.8, 4) is 5.75 Å². The van der Waals surface area contributed by atoms with Gasteiger partial charge in [0.15, 0.2) is 0 Å². The van der Waals surface area contributed by atoms with Crippen molar-refractivity contribution in [2.24, 2.45) is 0 Å². The molecule has 0 N–H and O–H groups in total. The number of nitrogens with zero attached hydrogens (tertiary/aromatic N) is 2. The van der Waals surface area contributed by atoms with E-state index in [9.17, 15) is 20.2 Å². The molecule has 0 saturated carbocycles. The molecule has 8 heteroatoms. The molecule has 1 aliphatic rings. The Kier molecular flexibility index (Phi) is 3.43. The maximum absolute atomic E-state index is 11.0. The first-order valence-corrected chi connectivity index (χ1v) is 5.46. The highest BCUT2D eigenvalue weighted by Gasteiger charge is 2.28. The Labute approximate surface area is 107 Å². The van der Waals surface area contributed by atoms with E-state index in [1.165, 1.54) is 12.1 Å². The van der Waals surface area contributed by atoms with E-state index in [4.69, 9.17) is 9.47 Å². The zero-order chi connectivity index (χ0) is 14.0. The van der Waals surface area contributed by atoms with Crippen molar-refractivity contribution >= 4 is 17.5 Å². The van der Waals surface area contributed by atoms with E-state index < -0.39 is 21.8 Å². The third kappa shape index (κ3) is 2.52. The average Bonchev–Trinajstić information content (AvgIpc) is 2.37. The van der Waals surface area contributed by atoms with Gasteiger partial charge in [0.2, 0.25) is 12.0 Å². The molecule has 0 saturated heterocycles. The first kappa shape index (κ1) is 13.0. The molecule has 2 rings (SSSR count). The van der Waals surface area contributed by atoms with E-state index in [2.05, 4.69) is 0 Å². The topological polar surface area (TPSA) is 105 Å². The maximum Gasteiger partial charge on any atom is 0.318 e. The van der Waals surface area contributed by atoms with Crippen molar-refractivity contribution in [1.82, 2.24) is 0 Å². The number of rotatable bonds is 4. The lowest BCUT2D eigenvalue weighted by Crippen LogP contribution is -2.21. The Morgan fingerprint density at radius 3 is 2.63 bits per heavy atom. The molecule has 100 valence electrons. The van der Waals surface area contributed by atoms with Crippen LogP contribution < -0.4 is 4.74 Å². The summed E-state index contributed by atoms with van der Waals surface area (Å²) in [7, 11) is 0. The van der Waals surface area contributed by atoms with Crippen LogP contribution in [0.1, 0.15) is 12.5 Å². The van der Waals surface area contributed by atoms with Crippen molar-refractivity contribution in [3.05, 3.63) is 44.0 Å². The summed E-state index contributed by atoms with van der Waals surface area (Å²) < 4.78 is 10.5. The largest absolute Gasteiger partial charge is 0.453 e. The van der Waals surface area contributed by atoms with Gasteiger partial charge >= 0.3 is 5.69 Å². The highest BCUT2D eigenvalue weighted by Crippen LogP contribution is 2.39. The molecule has 8 nitrogen and oxygen atoms in total. The van der Waals surface area contributed by atoms with E-state index in [1.807, 2.05) is 0 Å². The third-order valence-corrected chi connectivity index (χ3v) is 2.49. The quantitative estimate of drug-likeness (QED) is 0.611. The number of nitro groups is 2. The molecule has 1 aromatic carbocycles. The van der Waals surface area contributed by atoms with Gasteiger partial charge in [-0.3, -0.25) is 20.2 Å². The molecule has 1 aromatic rings. The molecule has 0 radical (unpaired) electrons. The van der Waals surface area contributed by atoms with Crippen molar-refractivity contribution in [1.29, 1.82) is 0 Å². The zero-order valence-corrected chi connectivity index (χ0v) is 9.94. The lowest BCUT2D eigenvalue weighted by atomic mass is 10.1. The fourth-order valence-electron chi connectivity index (χ4n) is 1.70. The van der Waals surface area contributed by atoms with Crippen LogP contribution in [0.5, 0.6) is 5.75 Å². The lowest BCUT2D eigenvalue weighted by Gasteiger charge is -2.20. The van der Waals surface area contributed by atoms with Gasteiger partial charge in [-0.2, -0.15) is 0 Å². The summed E-state index contributed by atoms with van der Waals surface area (Å²) in [6.45, 7) is 2.14. The number of hydrogen-bond acceptors (Lipinski definition) is 6. The molecule has 19 heavy (non-hydrogen) atoms. The molecule has 1 atom stereocenters. The van der Waals surface area contributed by atoms with Crippen LogP contribution in [-0.4, -0.2) is 22.7 Å². The molecular weight excluding hydrogens is 256 g/mol. The molecule has 0 spiro atoms. The van der Waals surface area contributed by atoms with Gasteiger partial charge < -0.3 is 9.47 Å². The number of benzene rings is 1. The predicted molar refractivity (Wildman–Crippen MR) is 64.8 cm³/mol. The minimum Gasteiger partial charge on any atom is -0.453 e. The summed E-state index contributed by atoms with van der Waals surface area (Å²) in [6.07, 6.45) is 2.33. The van der Waals surface area contributed by atoms with Crippen molar-refractivity contribution < 1.29 is 19.3 Å². The fraction of sp³-hybridized carbons (Fsp3) is 0.273. The smallest absolute Gasteiger partial charge is 0.318 e. The van der Waals surface area contributed by atoms with Gasteiger partial charge in [-0.15, -0.1) is 0 Å². The van der Waals surface area contributed by atoms with E-state index in [0.717, 1.165) is 6.07 Å². The Morgan fingerprint density at radius 2 is 2.05 bits per heavy atom. The van der Waals surface area contributed by atoms with E-state index in [1.54, 1.807) is 13.0 Å². The molecular formula is C11H10N2O6. The van der Waals surface area contributed by atoms with Crippen LogP contribution in [0.3, 0.4) is 0 Å². The van der Waals surface area contributed by atoms with Crippen LogP contribution in [-0.2, 0) is 4.74 Å². The highest BCUT2D eigenvalue weighted by atomic mass is 16.7. The SMILES string of the molecule is CCOC1C=Cc2cc([N+](=O)[O-])cc([N+](=O)[O-])c2O1. The third-order valence-electron chi connectivity index (χ3n) is 2.49. The van der Waals surface area contributed by atoms with E-state index >= 15 is 0 Å². The van der Waals surface area contributed by atoms with Crippen molar-refractivity contribution in [3.63, 3.8) is 0 Å². The Balaban J connectivity index is 2.50. The second-order valence-electron chi connectivity index (χ2n) is 3.70. The minimum absolute atomic E-state index is 0.0171. The van der Waals surface area contributed by atoms with E-state index in [-0.39, 0.29) is 17.0 Å². The van der Waals surface area contributed by atoms with Crippen LogP contribution >= 0.6 is 0 Å². The minimum atomic E-state index is -0.724. The normalized spacial score (nSPS) is 16.6. The molecule has 1 aliphatic heterocycles. The monoisotopic (exact) mass is 266 g/mol. The number of nitro benzene ring substituents is 2. The summed E-state index contributed by atoms with van der Waals surface area (Å²) in [5.74, 6) is -0.0171. The maximum atomic E-state index is 11.0. The highest BCUT2D eigenvalue weighted by molar-refractivity contribution is 5.70. The van der Waals surface area contributed by atoms with E-state index in [0.29, 0.717) is 6.61 Å². The average molecular weight is 266 g/mol. The molecule has 1 unspecified atom stereocenters. The van der Waals surface area contributed by atoms with Gasteiger partial charge in [0.25, 0.3) is 5.69 Å².